The smallest absolute Gasteiger partial charge is 0.306 e. The summed E-state index contributed by atoms with van der Waals surface area (Å²) in [6.07, 6.45) is 6.87. The lowest BCUT2D eigenvalue weighted by Crippen LogP contribution is -2.68. The highest BCUT2D eigenvalue weighted by atomic mass is 16.6. The molecule has 2 saturated heterocycles. The van der Waals surface area contributed by atoms with Gasteiger partial charge >= 0.3 is 5.97 Å². The maximum Gasteiger partial charge on any atom is 0.306 e. The number of carbonyl (C=O) groups excluding carboxylic acids is 2. The van der Waals surface area contributed by atoms with Crippen LogP contribution in [-0.4, -0.2) is 39.8 Å². The number of fused-ring (bicyclic) bond motifs is 5. The Labute approximate surface area is 212 Å². The molecule has 3 aliphatic carbocycles. The lowest BCUT2D eigenvalue weighted by Gasteiger charge is -2.67. The number of hydrogen-bond donors (Lipinski definition) is 1. The second-order valence-corrected chi connectivity index (χ2v) is 15.0. The number of esters is 1. The lowest BCUT2D eigenvalue weighted by atomic mass is 9.37. The molecule has 9 atom stereocenters. The molecule has 0 aromatic heterocycles. The molecule has 3 saturated carbocycles. The number of Topliss-reactive ketones (excluding diaryl/α,β-unsaturated/α-hetero) is 1. The Morgan fingerprint density at radius 1 is 0.886 bits per heavy atom. The van der Waals surface area contributed by atoms with E-state index in [9.17, 15) is 14.7 Å². The number of ketones is 1. The Hall–Kier alpha value is -0.940. The van der Waals surface area contributed by atoms with E-state index in [0.717, 1.165) is 32.1 Å². The van der Waals surface area contributed by atoms with E-state index in [1.54, 1.807) is 0 Å². The highest BCUT2D eigenvalue weighted by molar-refractivity contribution is 5.84. The standard InChI is InChI=1S/C30H48O5/c1-25(2)12-9-13-30(8,35-25)18-10-15-28(6)23(18)19(31)16-21-27(5)14-11-22(33)34-26(3,4)24(27)20(32)17-29(21,28)7/h18,20-21,23-24,32H,9-17H2,1-8H3/t18-,20-,21+,23-,24-,27+,28+,29+,30+/m0/s1. The molecule has 5 rings (SSSR count). The molecule has 0 aromatic rings. The van der Waals surface area contributed by atoms with Crippen molar-refractivity contribution in [1.29, 1.82) is 0 Å². The van der Waals surface area contributed by atoms with E-state index in [1.807, 2.05) is 13.8 Å². The zero-order valence-corrected chi connectivity index (χ0v) is 23.3. The molecule has 0 spiro atoms. The van der Waals surface area contributed by atoms with Crippen LogP contribution in [0.2, 0.25) is 0 Å². The fourth-order valence-electron chi connectivity index (χ4n) is 10.8. The van der Waals surface area contributed by atoms with Crippen LogP contribution in [-0.2, 0) is 19.1 Å². The van der Waals surface area contributed by atoms with Crippen LogP contribution in [0.5, 0.6) is 0 Å². The molecular weight excluding hydrogens is 440 g/mol. The van der Waals surface area contributed by atoms with Gasteiger partial charge in [-0.2, -0.15) is 0 Å². The van der Waals surface area contributed by atoms with Gasteiger partial charge in [0.25, 0.3) is 0 Å². The molecule has 5 heteroatoms. The predicted molar refractivity (Wildman–Crippen MR) is 135 cm³/mol. The number of carbonyl (C=O) groups is 2. The molecule has 0 amide bonds. The van der Waals surface area contributed by atoms with E-state index >= 15 is 0 Å². The Morgan fingerprint density at radius 3 is 2.23 bits per heavy atom. The molecule has 0 unspecified atom stereocenters. The van der Waals surface area contributed by atoms with E-state index in [0.29, 0.717) is 31.5 Å². The molecule has 5 fully saturated rings. The Kier molecular flexibility index (Phi) is 5.55. The SMILES string of the molecule is CC1(C)CCC[C@](C)([C@H]2CC[C@]3(C)[C@@H]2C(=O)C[C@@H]2[C@@]4(C)CCC(=O)OC(C)(C)[C@@H]4[C@@H](O)C[C@]23C)O1. The van der Waals surface area contributed by atoms with Crippen LogP contribution in [0.4, 0.5) is 0 Å². The number of cyclic esters (lactones) is 1. The summed E-state index contributed by atoms with van der Waals surface area (Å²) in [5.41, 5.74) is -1.91. The van der Waals surface area contributed by atoms with Crippen LogP contribution in [0.3, 0.4) is 0 Å². The van der Waals surface area contributed by atoms with E-state index in [-0.39, 0.29) is 57.1 Å². The van der Waals surface area contributed by atoms with Gasteiger partial charge < -0.3 is 14.6 Å². The number of ether oxygens (including phenoxy) is 2. The molecule has 0 aromatic carbocycles. The molecule has 2 aliphatic heterocycles. The monoisotopic (exact) mass is 488 g/mol. The summed E-state index contributed by atoms with van der Waals surface area (Å²) in [4.78, 5) is 26.8. The molecule has 2 heterocycles. The van der Waals surface area contributed by atoms with Gasteiger partial charge in [-0.15, -0.1) is 0 Å². The van der Waals surface area contributed by atoms with E-state index in [1.165, 1.54) is 0 Å². The van der Waals surface area contributed by atoms with Crippen molar-refractivity contribution in [1.82, 2.24) is 0 Å². The summed E-state index contributed by atoms with van der Waals surface area (Å²) in [5.74, 6) is 0.334. The summed E-state index contributed by atoms with van der Waals surface area (Å²) in [5, 5.41) is 11.8. The number of rotatable bonds is 1. The van der Waals surface area contributed by atoms with Gasteiger partial charge in [0, 0.05) is 24.7 Å². The summed E-state index contributed by atoms with van der Waals surface area (Å²) in [6.45, 7) is 17.5. The third kappa shape index (κ3) is 3.46. The minimum absolute atomic E-state index is 0.0355. The Balaban J connectivity index is 1.56. The van der Waals surface area contributed by atoms with Gasteiger partial charge in [-0.3, -0.25) is 9.59 Å². The van der Waals surface area contributed by atoms with Crippen LogP contribution < -0.4 is 0 Å². The molecule has 198 valence electrons. The Morgan fingerprint density at radius 2 is 1.57 bits per heavy atom. The molecule has 0 radical (unpaired) electrons. The number of aliphatic hydroxyl groups excluding tert-OH is 1. The quantitative estimate of drug-likeness (QED) is 0.468. The first kappa shape index (κ1) is 25.7. The molecule has 35 heavy (non-hydrogen) atoms. The topological polar surface area (TPSA) is 72.8 Å². The fourth-order valence-corrected chi connectivity index (χ4v) is 10.8. The Bertz CT molecular complexity index is 924. The highest BCUT2D eigenvalue weighted by Crippen LogP contribution is 2.74. The normalized spacial score (nSPS) is 53.1. The van der Waals surface area contributed by atoms with Crippen molar-refractivity contribution in [2.24, 2.45) is 39.9 Å². The first-order chi connectivity index (χ1) is 16.0. The van der Waals surface area contributed by atoms with Gasteiger partial charge in [-0.05, 0) is 108 Å². The largest absolute Gasteiger partial charge is 0.459 e. The van der Waals surface area contributed by atoms with Crippen molar-refractivity contribution in [2.45, 2.75) is 136 Å². The molecule has 5 nitrogen and oxygen atoms in total. The van der Waals surface area contributed by atoms with Crippen LogP contribution >= 0.6 is 0 Å². The second kappa shape index (κ2) is 7.56. The fraction of sp³-hybridized carbons (Fsp3) is 0.933. The van der Waals surface area contributed by atoms with Gasteiger partial charge in [0.05, 0.1) is 17.3 Å². The van der Waals surface area contributed by atoms with Crippen molar-refractivity contribution < 1.29 is 24.2 Å². The lowest BCUT2D eigenvalue weighted by molar-refractivity contribution is -0.241. The van der Waals surface area contributed by atoms with E-state index in [2.05, 4.69) is 41.5 Å². The average Bonchev–Trinajstić information content (AvgIpc) is 3.03. The third-order valence-corrected chi connectivity index (χ3v) is 12.2. The third-order valence-electron chi connectivity index (χ3n) is 12.2. The van der Waals surface area contributed by atoms with Crippen LogP contribution in [0, 0.1) is 39.9 Å². The summed E-state index contributed by atoms with van der Waals surface area (Å²) >= 11 is 0. The van der Waals surface area contributed by atoms with Crippen LogP contribution in [0.1, 0.15) is 113 Å². The van der Waals surface area contributed by atoms with Crippen molar-refractivity contribution >= 4 is 11.8 Å². The van der Waals surface area contributed by atoms with Crippen LogP contribution in [0.15, 0.2) is 0 Å². The van der Waals surface area contributed by atoms with E-state index in [4.69, 9.17) is 9.47 Å². The van der Waals surface area contributed by atoms with Gasteiger partial charge in [0.15, 0.2) is 0 Å². The van der Waals surface area contributed by atoms with Gasteiger partial charge in [-0.25, -0.2) is 0 Å². The predicted octanol–water partition coefficient (Wildman–Crippen LogP) is 5.85. The van der Waals surface area contributed by atoms with Crippen molar-refractivity contribution in [3.8, 4) is 0 Å². The van der Waals surface area contributed by atoms with Gasteiger partial charge in [-0.1, -0.05) is 20.8 Å². The average molecular weight is 489 g/mol. The first-order valence-electron chi connectivity index (χ1n) is 14.1. The maximum absolute atomic E-state index is 14.2. The van der Waals surface area contributed by atoms with E-state index < -0.39 is 11.7 Å². The summed E-state index contributed by atoms with van der Waals surface area (Å²) in [6, 6.07) is 0. The number of hydrogen-bond acceptors (Lipinski definition) is 5. The molecule has 1 N–H and O–H groups in total. The first-order valence-corrected chi connectivity index (χ1v) is 14.1. The van der Waals surface area contributed by atoms with Crippen molar-refractivity contribution in [3.63, 3.8) is 0 Å². The van der Waals surface area contributed by atoms with Gasteiger partial charge in [0.2, 0.25) is 0 Å². The minimum Gasteiger partial charge on any atom is -0.459 e. The highest BCUT2D eigenvalue weighted by Gasteiger charge is 2.73. The molecular formula is C30H48O5. The number of aliphatic hydroxyl groups is 1. The molecule has 0 bridgehead atoms. The minimum atomic E-state index is -0.753. The second-order valence-electron chi connectivity index (χ2n) is 15.0. The summed E-state index contributed by atoms with van der Waals surface area (Å²) < 4.78 is 12.7. The van der Waals surface area contributed by atoms with Gasteiger partial charge in [0.1, 0.15) is 11.4 Å². The van der Waals surface area contributed by atoms with Crippen molar-refractivity contribution in [3.05, 3.63) is 0 Å². The molecule has 5 aliphatic rings. The van der Waals surface area contributed by atoms with Crippen LogP contribution in [0.25, 0.3) is 0 Å². The maximum atomic E-state index is 14.2. The van der Waals surface area contributed by atoms with Crippen molar-refractivity contribution in [2.75, 3.05) is 0 Å². The zero-order valence-electron chi connectivity index (χ0n) is 23.3. The zero-order chi connectivity index (χ0) is 25.8. The summed E-state index contributed by atoms with van der Waals surface area (Å²) in [7, 11) is 0.